The number of carbonyl (C=O) groups is 2. The highest BCUT2D eigenvalue weighted by Crippen LogP contribution is 2.28. The van der Waals surface area contributed by atoms with Gasteiger partial charge in [0.25, 0.3) is 5.91 Å². The zero-order valence-corrected chi connectivity index (χ0v) is 13.8. The minimum atomic E-state index is -0.637. The molecule has 7 nitrogen and oxygen atoms in total. The van der Waals surface area contributed by atoms with Crippen LogP contribution in [0.3, 0.4) is 0 Å². The Hall–Kier alpha value is -2.80. The zero-order valence-electron chi connectivity index (χ0n) is 13.8. The molecule has 1 fully saturated rings. The Kier molecular flexibility index (Phi) is 5.04. The van der Waals surface area contributed by atoms with Gasteiger partial charge in [0, 0.05) is 19.0 Å². The van der Waals surface area contributed by atoms with E-state index < -0.39 is 12.1 Å². The molecule has 7 heteroatoms. The normalized spacial score (nSPS) is 20.2. The van der Waals surface area contributed by atoms with Gasteiger partial charge in [-0.2, -0.15) is 0 Å². The van der Waals surface area contributed by atoms with Crippen LogP contribution in [0.1, 0.15) is 38.9 Å². The Balaban J connectivity index is 1.67. The van der Waals surface area contributed by atoms with E-state index in [0.29, 0.717) is 13.0 Å². The SMILES string of the molecule is COC(=O)c1cnc(C(=O)N2CC[C@@H](c3ccccc3)[C@H](O)C2)cn1. The second-order valence-corrected chi connectivity index (χ2v) is 5.90. The van der Waals surface area contributed by atoms with Gasteiger partial charge in [-0.25, -0.2) is 14.8 Å². The third-order valence-electron chi connectivity index (χ3n) is 4.36. The van der Waals surface area contributed by atoms with Gasteiger partial charge >= 0.3 is 5.97 Å². The maximum atomic E-state index is 12.5. The largest absolute Gasteiger partial charge is 0.464 e. The Labute approximate surface area is 145 Å². The number of amides is 1. The average molecular weight is 341 g/mol. The molecular weight excluding hydrogens is 322 g/mol. The van der Waals surface area contributed by atoms with Gasteiger partial charge in [0.05, 0.1) is 25.6 Å². The van der Waals surface area contributed by atoms with Crippen molar-refractivity contribution in [2.24, 2.45) is 0 Å². The van der Waals surface area contributed by atoms with Crippen LogP contribution < -0.4 is 0 Å². The Morgan fingerprint density at radius 2 is 1.84 bits per heavy atom. The van der Waals surface area contributed by atoms with Crippen molar-refractivity contribution >= 4 is 11.9 Å². The number of methoxy groups -OCH3 is 1. The minimum absolute atomic E-state index is 0.0121. The van der Waals surface area contributed by atoms with Crippen LogP contribution in [0, 0.1) is 0 Å². The maximum absolute atomic E-state index is 12.5. The molecule has 130 valence electrons. The van der Waals surface area contributed by atoms with Crippen LogP contribution in [0.2, 0.25) is 0 Å². The summed E-state index contributed by atoms with van der Waals surface area (Å²) in [6.45, 7) is 0.759. The van der Waals surface area contributed by atoms with E-state index in [2.05, 4.69) is 14.7 Å². The molecule has 1 aromatic heterocycles. The number of hydrogen-bond acceptors (Lipinski definition) is 6. The molecule has 1 saturated heterocycles. The number of benzene rings is 1. The summed E-state index contributed by atoms with van der Waals surface area (Å²) in [6, 6.07) is 9.80. The van der Waals surface area contributed by atoms with Crippen LogP contribution in [0.25, 0.3) is 0 Å². The lowest BCUT2D eigenvalue weighted by molar-refractivity contribution is 0.0377. The quantitative estimate of drug-likeness (QED) is 0.845. The van der Waals surface area contributed by atoms with Gasteiger partial charge < -0.3 is 14.7 Å². The molecule has 1 aromatic carbocycles. The predicted molar refractivity (Wildman–Crippen MR) is 89.1 cm³/mol. The summed E-state index contributed by atoms with van der Waals surface area (Å²) >= 11 is 0. The van der Waals surface area contributed by atoms with Crippen molar-refractivity contribution < 1.29 is 19.4 Å². The van der Waals surface area contributed by atoms with Crippen molar-refractivity contribution in [2.45, 2.75) is 18.4 Å². The van der Waals surface area contributed by atoms with Crippen LogP contribution in [0.5, 0.6) is 0 Å². The summed E-state index contributed by atoms with van der Waals surface area (Å²) in [5, 5.41) is 10.4. The van der Waals surface area contributed by atoms with E-state index in [1.807, 2.05) is 30.3 Å². The van der Waals surface area contributed by atoms with E-state index in [1.54, 1.807) is 4.90 Å². The van der Waals surface area contributed by atoms with Gasteiger partial charge in [-0.15, -0.1) is 0 Å². The van der Waals surface area contributed by atoms with Gasteiger partial charge in [0.2, 0.25) is 0 Å². The number of rotatable bonds is 3. The first-order valence-electron chi connectivity index (χ1n) is 8.03. The molecular formula is C18H19N3O4. The van der Waals surface area contributed by atoms with Gasteiger partial charge in [0.1, 0.15) is 5.69 Å². The molecule has 0 saturated carbocycles. The standard InChI is InChI=1S/C18H19N3O4/c1-25-18(24)15-10-19-14(9-20-15)17(23)21-8-7-13(16(22)11-21)12-5-3-2-4-6-12/h2-6,9-10,13,16,22H,7-8,11H2,1H3/t13-,16+/m0/s1. The number of β-amino-alcohol motifs (C(OH)–C–C–N with tert-alkyl or cyclic N) is 1. The second-order valence-electron chi connectivity index (χ2n) is 5.90. The van der Waals surface area contributed by atoms with Gasteiger partial charge in [0.15, 0.2) is 5.69 Å². The summed E-state index contributed by atoms with van der Waals surface area (Å²) in [5.41, 5.74) is 1.25. The van der Waals surface area contributed by atoms with Crippen molar-refractivity contribution in [1.82, 2.24) is 14.9 Å². The van der Waals surface area contributed by atoms with Crippen molar-refractivity contribution in [3.05, 3.63) is 59.7 Å². The highest BCUT2D eigenvalue weighted by atomic mass is 16.5. The molecule has 0 aliphatic carbocycles. The van der Waals surface area contributed by atoms with Crippen LogP contribution in [0.4, 0.5) is 0 Å². The number of hydrogen-bond donors (Lipinski definition) is 1. The first kappa shape index (κ1) is 17.0. The maximum Gasteiger partial charge on any atom is 0.358 e. The molecule has 1 N–H and O–H groups in total. The number of aromatic nitrogens is 2. The molecule has 1 aliphatic heterocycles. The summed E-state index contributed by atoms with van der Waals surface area (Å²) in [6.07, 6.45) is 2.50. The molecule has 1 aliphatic rings. The summed E-state index contributed by atoms with van der Waals surface area (Å²) in [7, 11) is 1.25. The molecule has 0 radical (unpaired) electrons. The minimum Gasteiger partial charge on any atom is -0.464 e. The lowest BCUT2D eigenvalue weighted by Crippen LogP contribution is -2.46. The smallest absolute Gasteiger partial charge is 0.358 e. The number of aliphatic hydroxyl groups is 1. The van der Waals surface area contributed by atoms with E-state index in [0.717, 1.165) is 5.56 Å². The molecule has 2 atom stereocenters. The average Bonchev–Trinajstić information content (AvgIpc) is 2.67. The van der Waals surface area contributed by atoms with E-state index in [1.165, 1.54) is 19.5 Å². The van der Waals surface area contributed by atoms with E-state index >= 15 is 0 Å². The Morgan fingerprint density at radius 1 is 1.16 bits per heavy atom. The molecule has 0 spiro atoms. The first-order valence-corrected chi connectivity index (χ1v) is 8.03. The number of ether oxygens (including phenoxy) is 1. The summed E-state index contributed by atoms with van der Waals surface area (Å²) < 4.78 is 4.55. The lowest BCUT2D eigenvalue weighted by Gasteiger charge is -2.36. The number of aliphatic hydroxyl groups excluding tert-OH is 1. The lowest BCUT2D eigenvalue weighted by atomic mass is 9.87. The monoisotopic (exact) mass is 341 g/mol. The first-order chi connectivity index (χ1) is 12.1. The molecule has 0 bridgehead atoms. The molecule has 2 heterocycles. The van der Waals surface area contributed by atoms with Gasteiger partial charge in [-0.05, 0) is 12.0 Å². The van der Waals surface area contributed by atoms with E-state index in [9.17, 15) is 14.7 Å². The van der Waals surface area contributed by atoms with Crippen LogP contribution in [-0.4, -0.2) is 58.2 Å². The Morgan fingerprint density at radius 3 is 2.44 bits per heavy atom. The van der Waals surface area contributed by atoms with Gasteiger partial charge in [-0.3, -0.25) is 4.79 Å². The van der Waals surface area contributed by atoms with Crippen LogP contribution >= 0.6 is 0 Å². The number of piperidine rings is 1. The molecule has 25 heavy (non-hydrogen) atoms. The third kappa shape index (κ3) is 3.66. The predicted octanol–water partition coefficient (Wildman–Crippen LogP) is 1.25. The fourth-order valence-corrected chi connectivity index (χ4v) is 3.02. The molecule has 2 aromatic rings. The molecule has 3 rings (SSSR count). The number of carbonyl (C=O) groups excluding carboxylic acids is 2. The van der Waals surface area contributed by atoms with Crippen LogP contribution in [-0.2, 0) is 4.74 Å². The highest BCUT2D eigenvalue weighted by Gasteiger charge is 2.32. The van der Waals surface area contributed by atoms with Crippen molar-refractivity contribution in [3.8, 4) is 0 Å². The van der Waals surface area contributed by atoms with Gasteiger partial charge in [-0.1, -0.05) is 30.3 Å². The van der Waals surface area contributed by atoms with Crippen LogP contribution in [0.15, 0.2) is 42.7 Å². The fraction of sp³-hybridized carbons (Fsp3) is 0.333. The molecule has 0 unspecified atom stereocenters. The summed E-state index contributed by atoms with van der Waals surface area (Å²) in [4.78, 5) is 33.3. The van der Waals surface area contributed by atoms with Crippen molar-refractivity contribution in [1.29, 1.82) is 0 Å². The third-order valence-corrected chi connectivity index (χ3v) is 4.36. The van der Waals surface area contributed by atoms with Crippen molar-refractivity contribution in [3.63, 3.8) is 0 Å². The Bertz CT molecular complexity index is 749. The topological polar surface area (TPSA) is 92.6 Å². The molecule has 1 amide bonds. The van der Waals surface area contributed by atoms with E-state index in [4.69, 9.17) is 0 Å². The van der Waals surface area contributed by atoms with E-state index in [-0.39, 0.29) is 29.8 Å². The number of likely N-dealkylation sites (tertiary alicyclic amines) is 1. The number of esters is 1. The zero-order chi connectivity index (χ0) is 17.8. The second kappa shape index (κ2) is 7.40. The fourth-order valence-electron chi connectivity index (χ4n) is 3.02. The summed E-state index contributed by atoms with van der Waals surface area (Å²) in [5.74, 6) is -0.905. The highest BCUT2D eigenvalue weighted by molar-refractivity contribution is 5.93. The van der Waals surface area contributed by atoms with Crippen molar-refractivity contribution in [2.75, 3.05) is 20.2 Å². The number of nitrogens with zero attached hydrogens (tertiary/aromatic N) is 3.